The molecule has 256 valence electrons. The monoisotopic (exact) mass is 648 g/mol. The molecule has 3 unspecified atom stereocenters. The van der Waals surface area contributed by atoms with Gasteiger partial charge in [-0.05, 0) is 70.6 Å². The lowest BCUT2D eigenvalue weighted by molar-refractivity contribution is -0.122. The van der Waals surface area contributed by atoms with Gasteiger partial charge in [0.1, 0.15) is 0 Å². The molecule has 0 saturated carbocycles. The summed E-state index contributed by atoms with van der Waals surface area (Å²) in [5.41, 5.74) is 5.33. The predicted octanol–water partition coefficient (Wildman–Crippen LogP) is 8.32. The van der Waals surface area contributed by atoms with E-state index >= 15 is 0 Å². The Hall–Kier alpha value is -2.32. The third kappa shape index (κ3) is 30.1. The van der Waals surface area contributed by atoms with Gasteiger partial charge in [-0.1, -0.05) is 112 Å². The van der Waals surface area contributed by atoms with Crippen molar-refractivity contribution in [3.63, 3.8) is 0 Å². The van der Waals surface area contributed by atoms with Crippen molar-refractivity contribution in [3.8, 4) is 0 Å². The Labute approximate surface area is 273 Å². The molecule has 0 bridgehead atoms. The Morgan fingerprint density at radius 1 is 0.756 bits per heavy atom. The molecule has 0 heterocycles. The first-order valence-electron chi connectivity index (χ1n) is 16.7. The van der Waals surface area contributed by atoms with Crippen molar-refractivity contribution in [2.75, 3.05) is 19.8 Å². The van der Waals surface area contributed by atoms with Crippen molar-refractivity contribution >= 4 is 13.7 Å². The van der Waals surface area contributed by atoms with Crippen molar-refractivity contribution in [1.82, 2.24) is 5.32 Å². The summed E-state index contributed by atoms with van der Waals surface area (Å²) in [5, 5.41) is 13.5. The van der Waals surface area contributed by atoms with Gasteiger partial charge in [0.15, 0.2) is 0 Å². The number of phosphoric ester groups is 1. The summed E-state index contributed by atoms with van der Waals surface area (Å²) in [6.45, 7) is 3.84. The van der Waals surface area contributed by atoms with E-state index in [1.54, 1.807) is 6.08 Å². The van der Waals surface area contributed by atoms with Gasteiger partial charge in [0, 0.05) is 13.0 Å². The maximum absolute atomic E-state index is 12.6. The van der Waals surface area contributed by atoms with Gasteiger partial charge < -0.3 is 21.1 Å². The molecule has 1 amide bonds. The van der Waals surface area contributed by atoms with Crippen LogP contribution >= 0.6 is 7.82 Å². The van der Waals surface area contributed by atoms with E-state index in [2.05, 4.69) is 79.9 Å². The zero-order valence-corrected chi connectivity index (χ0v) is 28.7. The standard InChI is InChI=1S/C36H61N2O6P/c1-3-5-7-9-11-13-15-17-19-21-23-25-27-29-35(39)34(33-44-45(41,42)43-32-31-37)38-36(40)30-28-26-24-22-20-18-16-14-12-10-8-6-4-2/h6,8,11-14,18-21,24,26-27,29,34-35,39H,3-5,7,9-10,15-17,22-23,25,28,30-33,37H2,1-2H3,(H,38,40)(H,41,42)/b8-6-,13-11+,14-12-,20-18-,21-19+,26-24-,29-27+. The first kappa shape index (κ1) is 42.7. The molecule has 5 N–H and O–H groups in total. The van der Waals surface area contributed by atoms with Crippen molar-refractivity contribution in [2.24, 2.45) is 5.73 Å². The van der Waals surface area contributed by atoms with Gasteiger partial charge in [-0.3, -0.25) is 13.8 Å². The average molecular weight is 649 g/mol. The summed E-state index contributed by atoms with van der Waals surface area (Å²) in [7, 11) is -4.36. The lowest BCUT2D eigenvalue weighted by Gasteiger charge is -2.23. The Kier molecular flexibility index (Phi) is 30.0. The fraction of sp³-hybridized carbons (Fsp3) is 0.583. The van der Waals surface area contributed by atoms with Gasteiger partial charge in [-0.15, -0.1) is 0 Å². The number of amides is 1. The number of unbranched alkanes of at least 4 members (excludes halogenated alkanes) is 5. The third-order valence-electron chi connectivity index (χ3n) is 6.45. The molecule has 0 aliphatic rings. The van der Waals surface area contributed by atoms with Crippen LogP contribution in [0, 0.1) is 0 Å². The Bertz CT molecular complexity index is 971. The Morgan fingerprint density at radius 2 is 1.29 bits per heavy atom. The normalized spacial score (nSPS) is 15.6. The van der Waals surface area contributed by atoms with Crippen LogP contribution in [0.2, 0.25) is 0 Å². The van der Waals surface area contributed by atoms with Gasteiger partial charge in [0.25, 0.3) is 0 Å². The van der Waals surface area contributed by atoms with Crippen LogP contribution in [0.3, 0.4) is 0 Å². The van der Waals surface area contributed by atoms with Crippen molar-refractivity contribution in [1.29, 1.82) is 0 Å². The highest BCUT2D eigenvalue weighted by molar-refractivity contribution is 7.47. The predicted molar refractivity (Wildman–Crippen MR) is 189 cm³/mol. The maximum Gasteiger partial charge on any atom is 0.472 e. The van der Waals surface area contributed by atoms with Crippen LogP contribution in [0.4, 0.5) is 0 Å². The van der Waals surface area contributed by atoms with Gasteiger partial charge in [-0.25, -0.2) is 4.57 Å². The average Bonchev–Trinajstić information content (AvgIpc) is 3.02. The number of nitrogens with two attached hydrogens (primary N) is 1. The summed E-state index contributed by atoms with van der Waals surface area (Å²) in [6, 6.07) is -0.923. The lowest BCUT2D eigenvalue weighted by Crippen LogP contribution is -2.45. The smallest absolute Gasteiger partial charge is 0.387 e. The number of hydrogen-bond acceptors (Lipinski definition) is 6. The van der Waals surface area contributed by atoms with Crippen LogP contribution in [0.1, 0.15) is 104 Å². The molecule has 0 rings (SSSR count). The third-order valence-corrected chi connectivity index (χ3v) is 7.43. The number of phosphoric acid groups is 1. The summed E-state index contributed by atoms with van der Waals surface area (Å²) in [6.07, 6.45) is 40.8. The minimum atomic E-state index is -4.36. The Morgan fingerprint density at radius 3 is 1.87 bits per heavy atom. The first-order valence-corrected chi connectivity index (χ1v) is 18.2. The maximum atomic E-state index is 12.6. The fourth-order valence-corrected chi connectivity index (χ4v) is 4.69. The zero-order valence-electron chi connectivity index (χ0n) is 27.8. The second kappa shape index (κ2) is 31.7. The van der Waals surface area contributed by atoms with E-state index in [9.17, 15) is 19.4 Å². The van der Waals surface area contributed by atoms with E-state index in [1.807, 2.05) is 18.2 Å². The largest absolute Gasteiger partial charge is 0.472 e. The summed E-state index contributed by atoms with van der Waals surface area (Å²) < 4.78 is 21.9. The molecule has 0 aromatic heterocycles. The van der Waals surface area contributed by atoms with Gasteiger partial charge in [-0.2, -0.15) is 0 Å². The van der Waals surface area contributed by atoms with Gasteiger partial charge >= 0.3 is 7.82 Å². The molecular formula is C36H61N2O6P. The topological polar surface area (TPSA) is 131 Å². The SMILES string of the molecule is CC/C=C\C/C=C\C/C=C\C/C=C\CCC(=O)NC(COP(=O)(O)OCCN)C(O)/C=C/CC/C=C/CC/C=C/CCCCC. The van der Waals surface area contributed by atoms with E-state index in [1.165, 1.54) is 19.3 Å². The number of carbonyl (C=O) groups excluding carboxylic acids is 1. The van der Waals surface area contributed by atoms with Crippen molar-refractivity contribution in [3.05, 3.63) is 85.1 Å². The minimum absolute atomic E-state index is 0.0565. The van der Waals surface area contributed by atoms with E-state index in [4.69, 9.17) is 14.8 Å². The van der Waals surface area contributed by atoms with Gasteiger partial charge in [0.2, 0.25) is 5.91 Å². The molecule has 0 aliphatic heterocycles. The van der Waals surface area contributed by atoms with Gasteiger partial charge in [0.05, 0.1) is 25.4 Å². The van der Waals surface area contributed by atoms with E-state index in [0.29, 0.717) is 12.8 Å². The number of hydrogen-bond donors (Lipinski definition) is 4. The molecule has 0 fully saturated rings. The highest BCUT2D eigenvalue weighted by atomic mass is 31.2. The summed E-state index contributed by atoms with van der Waals surface area (Å²) >= 11 is 0. The Balaban J connectivity index is 4.64. The van der Waals surface area contributed by atoms with Crippen LogP contribution in [-0.4, -0.2) is 47.8 Å². The highest BCUT2D eigenvalue weighted by Gasteiger charge is 2.26. The molecule has 9 heteroatoms. The number of allylic oxidation sites excluding steroid dienone is 13. The number of aliphatic hydroxyl groups is 1. The van der Waals surface area contributed by atoms with E-state index in [-0.39, 0.29) is 25.5 Å². The number of rotatable bonds is 29. The molecule has 0 spiro atoms. The van der Waals surface area contributed by atoms with E-state index < -0.39 is 26.6 Å². The van der Waals surface area contributed by atoms with Crippen LogP contribution in [0.25, 0.3) is 0 Å². The molecule has 45 heavy (non-hydrogen) atoms. The first-order chi connectivity index (χ1) is 21.9. The second-order valence-electron chi connectivity index (χ2n) is 10.6. The molecule has 0 aromatic rings. The summed E-state index contributed by atoms with van der Waals surface area (Å²) in [5.74, 6) is -0.295. The zero-order chi connectivity index (χ0) is 33.3. The number of aliphatic hydroxyl groups excluding tert-OH is 1. The highest BCUT2D eigenvalue weighted by Crippen LogP contribution is 2.43. The van der Waals surface area contributed by atoms with Crippen LogP contribution in [-0.2, 0) is 18.4 Å². The number of carbonyl (C=O) groups is 1. The molecule has 0 saturated heterocycles. The molecule has 0 radical (unpaired) electrons. The molecule has 0 aliphatic carbocycles. The number of nitrogens with one attached hydrogen (secondary N) is 1. The second-order valence-corrected chi connectivity index (χ2v) is 12.1. The molecule has 0 aromatic carbocycles. The van der Waals surface area contributed by atoms with Crippen LogP contribution < -0.4 is 11.1 Å². The fourth-order valence-electron chi connectivity index (χ4n) is 3.93. The van der Waals surface area contributed by atoms with Crippen LogP contribution in [0.5, 0.6) is 0 Å². The quantitative estimate of drug-likeness (QED) is 0.0364. The van der Waals surface area contributed by atoms with Crippen molar-refractivity contribution < 1.29 is 28.4 Å². The minimum Gasteiger partial charge on any atom is -0.387 e. The van der Waals surface area contributed by atoms with Crippen molar-refractivity contribution in [2.45, 2.75) is 116 Å². The molecule has 3 atom stereocenters. The van der Waals surface area contributed by atoms with E-state index in [0.717, 1.165) is 51.4 Å². The van der Waals surface area contributed by atoms with Crippen LogP contribution in [0.15, 0.2) is 85.1 Å². The lowest BCUT2D eigenvalue weighted by atomic mass is 10.1. The molecular weight excluding hydrogens is 587 g/mol. The summed E-state index contributed by atoms with van der Waals surface area (Å²) in [4.78, 5) is 22.4. The molecule has 8 nitrogen and oxygen atoms in total.